The van der Waals surface area contributed by atoms with Gasteiger partial charge in [0.15, 0.2) is 5.13 Å². The molecule has 21 heavy (non-hydrogen) atoms. The van der Waals surface area contributed by atoms with Crippen LogP contribution in [0.25, 0.3) is 0 Å². The van der Waals surface area contributed by atoms with E-state index in [9.17, 15) is 4.79 Å². The molecule has 2 heterocycles. The van der Waals surface area contributed by atoms with Gasteiger partial charge in [0.1, 0.15) is 10.7 Å². The Morgan fingerprint density at radius 1 is 1.48 bits per heavy atom. The average molecular weight is 309 g/mol. The van der Waals surface area contributed by atoms with Crippen molar-refractivity contribution in [1.82, 2.24) is 10.3 Å². The quantitative estimate of drug-likeness (QED) is 0.782. The van der Waals surface area contributed by atoms with E-state index in [1.807, 2.05) is 0 Å². The van der Waals surface area contributed by atoms with E-state index in [0.717, 1.165) is 37.5 Å². The summed E-state index contributed by atoms with van der Waals surface area (Å²) >= 11 is 1.37. The lowest BCUT2D eigenvalue weighted by Crippen LogP contribution is -2.43. The Kier molecular flexibility index (Phi) is 3.79. The highest BCUT2D eigenvalue weighted by Crippen LogP contribution is 2.33. The molecule has 1 saturated carbocycles. The normalized spacial score (nSPS) is 24.5. The lowest BCUT2D eigenvalue weighted by Gasteiger charge is -2.24. The summed E-state index contributed by atoms with van der Waals surface area (Å²) in [5.74, 6) is 0.235. The molecule has 1 amide bonds. The van der Waals surface area contributed by atoms with Gasteiger partial charge >= 0.3 is 0 Å². The Balaban J connectivity index is 1.73. The van der Waals surface area contributed by atoms with Crippen molar-refractivity contribution < 1.29 is 4.79 Å². The third kappa shape index (κ3) is 2.98. The summed E-state index contributed by atoms with van der Waals surface area (Å²) in [5, 5.41) is 3.94. The van der Waals surface area contributed by atoms with Crippen LogP contribution in [0.3, 0.4) is 0 Å². The average Bonchev–Trinajstić information content (AvgIpc) is 3.10. The van der Waals surface area contributed by atoms with Crippen molar-refractivity contribution in [3.05, 3.63) is 4.88 Å². The molecule has 1 aliphatic heterocycles. The van der Waals surface area contributed by atoms with Crippen LogP contribution in [-0.4, -0.2) is 35.6 Å². The summed E-state index contributed by atoms with van der Waals surface area (Å²) < 4.78 is 0. The molecule has 0 bridgehead atoms. The van der Waals surface area contributed by atoms with Gasteiger partial charge in [0, 0.05) is 24.7 Å². The fourth-order valence-corrected chi connectivity index (χ4v) is 4.11. The van der Waals surface area contributed by atoms with E-state index < -0.39 is 0 Å². The van der Waals surface area contributed by atoms with Crippen LogP contribution in [0.15, 0.2) is 0 Å². The summed E-state index contributed by atoms with van der Waals surface area (Å²) in [6, 6.07) is 0.185. The van der Waals surface area contributed by atoms with Gasteiger partial charge in [-0.15, -0.1) is 0 Å². The number of nitrogen functional groups attached to an aromatic ring is 1. The summed E-state index contributed by atoms with van der Waals surface area (Å²) in [6.45, 7) is 3.77. The number of rotatable bonds is 3. The van der Waals surface area contributed by atoms with Crippen molar-refractivity contribution in [3.8, 4) is 0 Å². The Morgan fingerprint density at radius 3 is 2.81 bits per heavy atom. The van der Waals surface area contributed by atoms with Crippen LogP contribution < -0.4 is 21.7 Å². The first-order valence-electron chi connectivity index (χ1n) is 7.56. The second kappa shape index (κ2) is 5.46. The van der Waals surface area contributed by atoms with Gasteiger partial charge in [-0.25, -0.2) is 4.98 Å². The molecule has 6 nitrogen and oxygen atoms in total. The van der Waals surface area contributed by atoms with E-state index in [1.54, 1.807) is 0 Å². The van der Waals surface area contributed by atoms with Crippen LogP contribution in [0.4, 0.5) is 10.9 Å². The van der Waals surface area contributed by atoms with Crippen LogP contribution in [0.1, 0.15) is 48.7 Å². The fraction of sp³-hybridized carbons (Fsp3) is 0.714. The number of nitrogens with one attached hydrogen (secondary N) is 1. The maximum absolute atomic E-state index is 12.5. The van der Waals surface area contributed by atoms with Crippen LogP contribution in [0.5, 0.6) is 0 Å². The van der Waals surface area contributed by atoms with E-state index in [4.69, 9.17) is 11.5 Å². The van der Waals surface area contributed by atoms with Gasteiger partial charge in [-0.05, 0) is 26.2 Å². The maximum atomic E-state index is 12.5. The van der Waals surface area contributed by atoms with Gasteiger partial charge in [-0.2, -0.15) is 0 Å². The molecular formula is C14H23N5OS. The topological polar surface area (TPSA) is 97.3 Å². The molecule has 0 aromatic carbocycles. The minimum absolute atomic E-state index is 0.0934. The highest BCUT2D eigenvalue weighted by molar-refractivity contribution is 7.18. The molecule has 1 unspecified atom stereocenters. The van der Waals surface area contributed by atoms with E-state index >= 15 is 0 Å². The molecule has 1 aliphatic carbocycles. The van der Waals surface area contributed by atoms with Crippen molar-refractivity contribution in [2.45, 2.75) is 50.6 Å². The number of carbonyl (C=O) groups is 1. The number of thiazole rings is 1. The van der Waals surface area contributed by atoms with Crippen molar-refractivity contribution in [3.63, 3.8) is 0 Å². The van der Waals surface area contributed by atoms with Crippen molar-refractivity contribution >= 4 is 28.2 Å². The van der Waals surface area contributed by atoms with Crippen molar-refractivity contribution in [1.29, 1.82) is 0 Å². The third-order valence-electron chi connectivity index (χ3n) is 4.47. The molecule has 3 rings (SSSR count). The Morgan fingerprint density at radius 2 is 2.19 bits per heavy atom. The predicted octanol–water partition coefficient (Wildman–Crippen LogP) is 1.33. The molecule has 5 N–H and O–H groups in total. The van der Waals surface area contributed by atoms with E-state index in [2.05, 4.69) is 22.1 Å². The van der Waals surface area contributed by atoms with Gasteiger partial charge < -0.3 is 21.7 Å². The molecule has 1 aromatic heterocycles. The van der Waals surface area contributed by atoms with Crippen LogP contribution in [-0.2, 0) is 0 Å². The van der Waals surface area contributed by atoms with Crippen molar-refractivity contribution in [2.75, 3.05) is 23.7 Å². The standard InChI is InChI=1S/C14H23N5OS/c1-14(5-2-3-6-14)18-12(20)10-11(16)17-13(21-10)19-7-4-9(15)8-19/h9H,2-8,15-16H2,1H3,(H,18,20). The zero-order valence-corrected chi connectivity index (χ0v) is 13.2. The van der Waals surface area contributed by atoms with Gasteiger partial charge in [0.2, 0.25) is 0 Å². The van der Waals surface area contributed by atoms with Gasteiger partial charge in [0.25, 0.3) is 5.91 Å². The van der Waals surface area contributed by atoms with E-state index in [-0.39, 0.29) is 17.5 Å². The van der Waals surface area contributed by atoms with Gasteiger partial charge in [-0.1, -0.05) is 24.2 Å². The molecule has 0 spiro atoms. The second-order valence-corrected chi connectivity index (χ2v) is 7.40. The lowest BCUT2D eigenvalue weighted by atomic mass is 10.0. The summed E-state index contributed by atoms with van der Waals surface area (Å²) in [7, 11) is 0. The Bertz CT molecular complexity index is 537. The molecular weight excluding hydrogens is 286 g/mol. The largest absolute Gasteiger partial charge is 0.382 e. The minimum Gasteiger partial charge on any atom is -0.382 e. The lowest BCUT2D eigenvalue weighted by molar-refractivity contribution is 0.0913. The number of amides is 1. The number of hydrogen-bond acceptors (Lipinski definition) is 6. The minimum atomic E-state index is -0.0936. The molecule has 1 atom stereocenters. The third-order valence-corrected chi connectivity index (χ3v) is 5.60. The van der Waals surface area contributed by atoms with Gasteiger partial charge in [-0.3, -0.25) is 4.79 Å². The number of anilines is 2. The van der Waals surface area contributed by atoms with Crippen LogP contribution in [0.2, 0.25) is 0 Å². The number of nitrogens with zero attached hydrogens (tertiary/aromatic N) is 2. The maximum Gasteiger partial charge on any atom is 0.265 e. The molecule has 2 aliphatic rings. The number of nitrogens with two attached hydrogens (primary N) is 2. The SMILES string of the molecule is CC1(NC(=O)c2sc(N3CCC(N)C3)nc2N)CCCC1. The highest BCUT2D eigenvalue weighted by Gasteiger charge is 2.32. The fourth-order valence-electron chi connectivity index (χ4n) is 3.19. The summed E-state index contributed by atoms with van der Waals surface area (Å²) in [4.78, 5) is 19.4. The number of carbonyl (C=O) groups excluding carboxylic acids is 1. The highest BCUT2D eigenvalue weighted by atomic mass is 32.1. The Hall–Kier alpha value is -1.34. The van der Waals surface area contributed by atoms with Gasteiger partial charge in [0.05, 0.1) is 0 Å². The second-order valence-electron chi connectivity index (χ2n) is 6.43. The Labute approximate surface area is 128 Å². The molecule has 1 saturated heterocycles. The monoisotopic (exact) mass is 309 g/mol. The zero-order valence-electron chi connectivity index (χ0n) is 12.4. The molecule has 0 radical (unpaired) electrons. The first kappa shape index (κ1) is 14.6. The first-order valence-corrected chi connectivity index (χ1v) is 8.38. The predicted molar refractivity (Wildman–Crippen MR) is 85.7 cm³/mol. The molecule has 2 fully saturated rings. The van der Waals surface area contributed by atoms with E-state index in [1.165, 1.54) is 24.2 Å². The summed E-state index contributed by atoms with van der Waals surface area (Å²) in [6.07, 6.45) is 5.37. The smallest absolute Gasteiger partial charge is 0.265 e. The molecule has 116 valence electrons. The molecule has 7 heteroatoms. The summed E-state index contributed by atoms with van der Waals surface area (Å²) in [5.41, 5.74) is 11.8. The number of hydrogen-bond donors (Lipinski definition) is 3. The zero-order chi connectivity index (χ0) is 15.0. The molecule has 1 aromatic rings. The van der Waals surface area contributed by atoms with Crippen molar-refractivity contribution in [2.24, 2.45) is 5.73 Å². The number of aromatic nitrogens is 1. The van der Waals surface area contributed by atoms with E-state index in [0.29, 0.717) is 10.7 Å². The van der Waals surface area contributed by atoms with Crippen LogP contribution in [0, 0.1) is 0 Å². The van der Waals surface area contributed by atoms with Crippen LogP contribution >= 0.6 is 11.3 Å². The first-order chi connectivity index (χ1) is 9.97.